The van der Waals surface area contributed by atoms with Crippen LogP contribution in [0, 0.1) is 0 Å². The standard InChI is InChI=1S/C16H16N2O2S/c1-16(20,12-6-7-21-9-12)10-17-15(19)14-8-11-4-2-3-5-13(11)18-14/h2-9,18,20H,10H2,1H3,(H,17,19)/t16-/m0/s1. The van der Waals surface area contributed by atoms with Crippen molar-refractivity contribution in [1.82, 2.24) is 10.3 Å². The fourth-order valence-electron chi connectivity index (χ4n) is 2.22. The minimum absolute atomic E-state index is 0.165. The number of para-hydroxylation sites is 1. The average Bonchev–Trinajstić information content (AvgIpc) is 3.13. The lowest BCUT2D eigenvalue weighted by Crippen LogP contribution is -2.38. The molecule has 0 spiro atoms. The summed E-state index contributed by atoms with van der Waals surface area (Å²) in [6.07, 6.45) is 0. The molecule has 3 N–H and O–H groups in total. The van der Waals surface area contributed by atoms with Gasteiger partial charge in [0.2, 0.25) is 0 Å². The van der Waals surface area contributed by atoms with E-state index in [-0.39, 0.29) is 12.5 Å². The number of benzene rings is 1. The van der Waals surface area contributed by atoms with Crippen molar-refractivity contribution >= 4 is 28.1 Å². The Balaban J connectivity index is 1.72. The molecule has 2 heterocycles. The maximum atomic E-state index is 12.2. The van der Waals surface area contributed by atoms with Gasteiger partial charge in [0.05, 0.1) is 6.54 Å². The van der Waals surface area contributed by atoms with E-state index in [4.69, 9.17) is 0 Å². The number of carbonyl (C=O) groups is 1. The van der Waals surface area contributed by atoms with Crippen molar-refractivity contribution < 1.29 is 9.90 Å². The Morgan fingerprint density at radius 2 is 2.19 bits per heavy atom. The number of hydrogen-bond donors (Lipinski definition) is 3. The van der Waals surface area contributed by atoms with Crippen LogP contribution in [0.3, 0.4) is 0 Å². The van der Waals surface area contributed by atoms with Crippen LogP contribution >= 0.6 is 11.3 Å². The largest absolute Gasteiger partial charge is 0.384 e. The van der Waals surface area contributed by atoms with Crippen LogP contribution in [0.5, 0.6) is 0 Å². The van der Waals surface area contributed by atoms with Gasteiger partial charge in [-0.2, -0.15) is 11.3 Å². The molecule has 0 bridgehead atoms. The molecule has 3 rings (SSSR count). The van der Waals surface area contributed by atoms with Gasteiger partial charge in [-0.3, -0.25) is 4.79 Å². The lowest BCUT2D eigenvalue weighted by Gasteiger charge is -2.22. The number of fused-ring (bicyclic) bond motifs is 1. The monoisotopic (exact) mass is 300 g/mol. The summed E-state index contributed by atoms with van der Waals surface area (Å²) in [6.45, 7) is 1.86. The third-order valence-corrected chi connectivity index (χ3v) is 4.19. The van der Waals surface area contributed by atoms with Gasteiger partial charge >= 0.3 is 0 Å². The Hall–Kier alpha value is -2.11. The Labute approximate surface area is 126 Å². The van der Waals surface area contributed by atoms with Crippen molar-refractivity contribution in [3.05, 3.63) is 58.4 Å². The number of aliphatic hydroxyl groups is 1. The number of amides is 1. The van der Waals surface area contributed by atoms with Crippen molar-refractivity contribution in [2.24, 2.45) is 0 Å². The molecule has 1 aromatic carbocycles. The second-order valence-corrected chi connectivity index (χ2v) is 6.02. The van der Waals surface area contributed by atoms with E-state index in [2.05, 4.69) is 10.3 Å². The molecule has 0 radical (unpaired) electrons. The molecule has 0 unspecified atom stereocenters. The lowest BCUT2D eigenvalue weighted by atomic mass is 9.99. The highest BCUT2D eigenvalue weighted by Crippen LogP contribution is 2.22. The zero-order chi connectivity index (χ0) is 14.9. The highest BCUT2D eigenvalue weighted by Gasteiger charge is 2.24. The van der Waals surface area contributed by atoms with Gasteiger partial charge < -0.3 is 15.4 Å². The second kappa shape index (κ2) is 5.35. The van der Waals surface area contributed by atoms with Crippen LogP contribution in [-0.4, -0.2) is 22.5 Å². The first-order valence-corrected chi connectivity index (χ1v) is 7.61. The van der Waals surface area contributed by atoms with Gasteiger partial charge in [-0.25, -0.2) is 0 Å². The van der Waals surface area contributed by atoms with E-state index >= 15 is 0 Å². The number of rotatable bonds is 4. The van der Waals surface area contributed by atoms with Gasteiger partial charge in [0, 0.05) is 10.9 Å². The molecule has 4 nitrogen and oxygen atoms in total. The molecule has 0 fully saturated rings. The van der Waals surface area contributed by atoms with E-state index in [0.717, 1.165) is 16.5 Å². The summed E-state index contributed by atoms with van der Waals surface area (Å²) >= 11 is 1.52. The minimum atomic E-state index is -1.07. The number of hydrogen-bond acceptors (Lipinski definition) is 3. The van der Waals surface area contributed by atoms with Crippen molar-refractivity contribution in [3.8, 4) is 0 Å². The predicted molar refractivity (Wildman–Crippen MR) is 84.5 cm³/mol. The number of aromatic amines is 1. The Morgan fingerprint density at radius 1 is 1.38 bits per heavy atom. The number of aromatic nitrogens is 1. The Bertz CT molecular complexity index is 727. The van der Waals surface area contributed by atoms with Crippen LogP contribution in [0.2, 0.25) is 0 Å². The number of H-pyrrole nitrogens is 1. The van der Waals surface area contributed by atoms with Crippen molar-refractivity contribution in [1.29, 1.82) is 0 Å². The molecule has 0 aliphatic rings. The van der Waals surface area contributed by atoms with E-state index in [1.165, 1.54) is 11.3 Å². The van der Waals surface area contributed by atoms with E-state index in [1.54, 1.807) is 6.92 Å². The summed E-state index contributed by atoms with van der Waals surface area (Å²) in [4.78, 5) is 15.3. The van der Waals surface area contributed by atoms with E-state index < -0.39 is 5.60 Å². The van der Waals surface area contributed by atoms with Gasteiger partial charge in [0.1, 0.15) is 11.3 Å². The highest BCUT2D eigenvalue weighted by atomic mass is 32.1. The van der Waals surface area contributed by atoms with Crippen LogP contribution in [0.15, 0.2) is 47.2 Å². The van der Waals surface area contributed by atoms with Gasteiger partial charge in [-0.05, 0) is 41.4 Å². The third-order valence-electron chi connectivity index (χ3n) is 3.51. The normalized spacial score (nSPS) is 14.0. The fraction of sp³-hybridized carbons (Fsp3) is 0.188. The Kier molecular flexibility index (Phi) is 3.53. The first-order valence-electron chi connectivity index (χ1n) is 6.67. The highest BCUT2D eigenvalue weighted by molar-refractivity contribution is 7.08. The van der Waals surface area contributed by atoms with Crippen LogP contribution in [0.25, 0.3) is 10.9 Å². The topological polar surface area (TPSA) is 65.1 Å². The molecule has 0 saturated heterocycles. The maximum absolute atomic E-state index is 12.2. The zero-order valence-electron chi connectivity index (χ0n) is 11.6. The molecular formula is C16H16N2O2S. The predicted octanol–water partition coefficient (Wildman–Crippen LogP) is 2.87. The summed E-state index contributed by atoms with van der Waals surface area (Å²) in [7, 11) is 0. The van der Waals surface area contributed by atoms with Crippen LogP contribution in [-0.2, 0) is 5.60 Å². The zero-order valence-corrected chi connectivity index (χ0v) is 12.4. The Morgan fingerprint density at radius 3 is 2.90 bits per heavy atom. The average molecular weight is 300 g/mol. The molecule has 0 aliphatic carbocycles. The quantitative estimate of drug-likeness (QED) is 0.693. The van der Waals surface area contributed by atoms with Crippen LogP contribution in [0.4, 0.5) is 0 Å². The molecule has 21 heavy (non-hydrogen) atoms. The summed E-state index contributed by atoms with van der Waals surface area (Å²) in [6, 6.07) is 11.4. The van der Waals surface area contributed by atoms with E-state index in [0.29, 0.717) is 5.69 Å². The number of thiophene rings is 1. The third kappa shape index (κ3) is 2.84. The SMILES string of the molecule is C[C@](O)(CNC(=O)c1cc2ccccc2[nH]1)c1ccsc1. The summed E-state index contributed by atoms with van der Waals surface area (Å²) in [5.74, 6) is -0.221. The van der Waals surface area contributed by atoms with Crippen LogP contribution < -0.4 is 5.32 Å². The molecule has 1 atom stereocenters. The van der Waals surface area contributed by atoms with Gasteiger partial charge in [-0.1, -0.05) is 18.2 Å². The first-order chi connectivity index (χ1) is 10.1. The molecule has 108 valence electrons. The maximum Gasteiger partial charge on any atom is 0.267 e. The van der Waals surface area contributed by atoms with Crippen molar-refractivity contribution in [2.45, 2.75) is 12.5 Å². The summed E-state index contributed by atoms with van der Waals surface area (Å²) in [5.41, 5.74) is 1.16. The molecule has 3 aromatic rings. The minimum Gasteiger partial charge on any atom is -0.384 e. The number of carbonyl (C=O) groups excluding carboxylic acids is 1. The lowest BCUT2D eigenvalue weighted by molar-refractivity contribution is 0.0529. The second-order valence-electron chi connectivity index (χ2n) is 5.24. The molecular weight excluding hydrogens is 284 g/mol. The van der Waals surface area contributed by atoms with Gasteiger partial charge in [0.25, 0.3) is 5.91 Å². The summed E-state index contributed by atoms with van der Waals surface area (Å²) in [5, 5.41) is 17.9. The van der Waals surface area contributed by atoms with Crippen molar-refractivity contribution in [2.75, 3.05) is 6.54 Å². The molecule has 2 aromatic heterocycles. The van der Waals surface area contributed by atoms with Crippen LogP contribution in [0.1, 0.15) is 23.0 Å². The van der Waals surface area contributed by atoms with Gasteiger partial charge in [-0.15, -0.1) is 0 Å². The molecule has 5 heteroatoms. The van der Waals surface area contributed by atoms with Gasteiger partial charge in [0.15, 0.2) is 0 Å². The smallest absolute Gasteiger partial charge is 0.267 e. The fourth-order valence-corrected chi connectivity index (χ4v) is 3.00. The molecule has 0 saturated carbocycles. The summed E-state index contributed by atoms with van der Waals surface area (Å²) < 4.78 is 0. The van der Waals surface area contributed by atoms with E-state index in [1.807, 2.05) is 47.2 Å². The first kappa shape index (κ1) is 13.9. The molecule has 1 amide bonds. The van der Waals surface area contributed by atoms with E-state index in [9.17, 15) is 9.90 Å². The molecule has 0 aliphatic heterocycles. The van der Waals surface area contributed by atoms with Crippen molar-refractivity contribution in [3.63, 3.8) is 0 Å². The number of nitrogens with one attached hydrogen (secondary N) is 2.